The van der Waals surface area contributed by atoms with Crippen molar-refractivity contribution in [1.29, 1.82) is 0 Å². The second-order valence-corrected chi connectivity index (χ2v) is 5.39. The van der Waals surface area contributed by atoms with Gasteiger partial charge in [0, 0.05) is 29.7 Å². The summed E-state index contributed by atoms with van der Waals surface area (Å²) in [6.07, 6.45) is -0.0212. The number of carboxylic acid groups (broad SMARTS) is 1. The van der Waals surface area contributed by atoms with E-state index in [-0.39, 0.29) is 29.0 Å². The Hall–Kier alpha value is -1.82. The highest BCUT2D eigenvalue weighted by atomic mass is 35.5. The SMILES string of the molecule is O=C(O)NC1CCN(C(=O)Cc2c(F)cccc2Cl)CC1. The molecule has 0 spiro atoms. The van der Waals surface area contributed by atoms with Gasteiger partial charge >= 0.3 is 6.09 Å². The predicted molar refractivity (Wildman–Crippen MR) is 75.9 cm³/mol. The van der Waals surface area contributed by atoms with Gasteiger partial charge in [0.2, 0.25) is 5.91 Å². The monoisotopic (exact) mass is 314 g/mol. The lowest BCUT2D eigenvalue weighted by Gasteiger charge is -2.32. The van der Waals surface area contributed by atoms with Crippen LogP contribution in [0.1, 0.15) is 18.4 Å². The van der Waals surface area contributed by atoms with Crippen LogP contribution in [0.3, 0.4) is 0 Å². The summed E-state index contributed by atoms with van der Waals surface area (Å²) in [5.74, 6) is -0.686. The minimum absolute atomic E-state index is 0.0808. The van der Waals surface area contributed by atoms with Gasteiger partial charge in [0.25, 0.3) is 0 Å². The molecular weight excluding hydrogens is 299 g/mol. The van der Waals surface area contributed by atoms with Crippen LogP contribution in [0.2, 0.25) is 5.02 Å². The molecule has 1 heterocycles. The number of benzene rings is 1. The number of piperidine rings is 1. The van der Waals surface area contributed by atoms with Crippen molar-refractivity contribution in [1.82, 2.24) is 10.2 Å². The quantitative estimate of drug-likeness (QED) is 0.899. The Morgan fingerprint density at radius 3 is 2.62 bits per heavy atom. The van der Waals surface area contributed by atoms with E-state index in [1.165, 1.54) is 12.1 Å². The second-order valence-electron chi connectivity index (χ2n) is 4.98. The van der Waals surface area contributed by atoms with Crippen LogP contribution in [0, 0.1) is 5.82 Å². The van der Waals surface area contributed by atoms with Crippen molar-refractivity contribution in [2.24, 2.45) is 0 Å². The maximum Gasteiger partial charge on any atom is 0.404 e. The van der Waals surface area contributed by atoms with Gasteiger partial charge in [0.05, 0.1) is 6.42 Å². The van der Waals surface area contributed by atoms with Gasteiger partial charge in [-0.15, -0.1) is 0 Å². The summed E-state index contributed by atoms with van der Waals surface area (Å²) in [5.41, 5.74) is 0.204. The van der Waals surface area contributed by atoms with Crippen LogP contribution in [0.4, 0.5) is 9.18 Å². The van der Waals surface area contributed by atoms with Crippen molar-refractivity contribution in [3.63, 3.8) is 0 Å². The molecule has 0 aliphatic carbocycles. The molecule has 1 fully saturated rings. The number of hydrogen-bond donors (Lipinski definition) is 2. The summed E-state index contributed by atoms with van der Waals surface area (Å²) in [6, 6.07) is 4.19. The van der Waals surface area contributed by atoms with Crippen LogP contribution < -0.4 is 5.32 Å². The first kappa shape index (κ1) is 15.6. The molecule has 21 heavy (non-hydrogen) atoms. The van der Waals surface area contributed by atoms with Gasteiger partial charge in [-0.1, -0.05) is 17.7 Å². The Bertz CT molecular complexity index is 525. The van der Waals surface area contributed by atoms with Crippen LogP contribution in [0.5, 0.6) is 0 Å². The molecule has 5 nitrogen and oxygen atoms in total. The third-order valence-electron chi connectivity index (χ3n) is 3.56. The lowest BCUT2D eigenvalue weighted by atomic mass is 10.0. The molecule has 1 aromatic rings. The van der Waals surface area contributed by atoms with E-state index in [0.29, 0.717) is 25.9 Å². The maximum absolute atomic E-state index is 13.7. The van der Waals surface area contributed by atoms with Gasteiger partial charge in [-0.3, -0.25) is 4.79 Å². The predicted octanol–water partition coefficient (Wildman–Crippen LogP) is 2.28. The number of likely N-dealkylation sites (tertiary alicyclic amines) is 1. The number of carbonyl (C=O) groups is 2. The zero-order valence-corrected chi connectivity index (χ0v) is 12.1. The van der Waals surface area contributed by atoms with E-state index >= 15 is 0 Å². The fourth-order valence-corrected chi connectivity index (χ4v) is 2.64. The highest BCUT2D eigenvalue weighted by molar-refractivity contribution is 6.31. The first-order valence-electron chi connectivity index (χ1n) is 6.67. The smallest absolute Gasteiger partial charge is 0.404 e. The normalized spacial score (nSPS) is 15.8. The highest BCUT2D eigenvalue weighted by Gasteiger charge is 2.24. The number of halogens is 2. The number of carbonyl (C=O) groups excluding carboxylic acids is 1. The molecule has 2 N–H and O–H groups in total. The molecule has 0 bridgehead atoms. The van der Waals surface area contributed by atoms with Crippen molar-refractivity contribution < 1.29 is 19.1 Å². The zero-order valence-electron chi connectivity index (χ0n) is 11.3. The van der Waals surface area contributed by atoms with Gasteiger partial charge in [0.15, 0.2) is 0 Å². The maximum atomic E-state index is 13.7. The van der Waals surface area contributed by atoms with Gasteiger partial charge in [0.1, 0.15) is 5.82 Å². The molecule has 1 aliphatic rings. The van der Waals surface area contributed by atoms with Crippen molar-refractivity contribution in [2.75, 3.05) is 13.1 Å². The van der Waals surface area contributed by atoms with Gasteiger partial charge in [-0.25, -0.2) is 9.18 Å². The van der Waals surface area contributed by atoms with Gasteiger partial charge in [-0.2, -0.15) is 0 Å². The molecule has 7 heteroatoms. The summed E-state index contributed by atoms with van der Waals surface area (Å²) in [7, 11) is 0. The molecule has 2 rings (SSSR count). The van der Waals surface area contributed by atoms with Crippen molar-refractivity contribution in [3.8, 4) is 0 Å². The Kier molecular flexibility index (Phi) is 5.01. The average molecular weight is 315 g/mol. The molecular formula is C14H16ClFN2O3. The summed E-state index contributed by atoms with van der Waals surface area (Å²) < 4.78 is 13.7. The molecule has 0 unspecified atom stereocenters. The van der Waals surface area contributed by atoms with E-state index < -0.39 is 11.9 Å². The summed E-state index contributed by atoms with van der Waals surface area (Å²) in [6.45, 7) is 0.908. The van der Waals surface area contributed by atoms with Crippen molar-refractivity contribution in [2.45, 2.75) is 25.3 Å². The lowest BCUT2D eigenvalue weighted by molar-refractivity contribution is -0.131. The summed E-state index contributed by atoms with van der Waals surface area (Å²) in [5, 5.41) is 11.3. The Morgan fingerprint density at radius 2 is 2.05 bits per heavy atom. The Labute approximate surface area is 126 Å². The molecule has 1 aliphatic heterocycles. The summed E-state index contributed by atoms with van der Waals surface area (Å²) >= 11 is 5.91. The Balaban J connectivity index is 1.92. The van der Waals surface area contributed by atoms with E-state index in [9.17, 15) is 14.0 Å². The number of hydrogen-bond acceptors (Lipinski definition) is 2. The van der Waals surface area contributed by atoms with Gasteiger partial charge < -0.3 is 15.3 Å². The molecule has 0 radical (unpaired) electrons. The first-order valence-corrected chi connectivity index (χ1v) is 7.05. The van der Waals surface area contributed by atoms with E-state index in [2.05, 4.69) is 5.32 Å². The van der Waals surface area contributed by atoms with Crippen LogP contribution in [0.25, 0.3) is 0 Å². The average Bonchev–Trinajstić information content (AvgIpc) is 2.43. The van der Waals surface area contributed by atoms with Crippen LogP contribution in [0.15, 0.2) is 18.2 Å². The van der Waals surface area contributed by atoms with E-state index in [4.69, 9.17) is 16.7 Å². The number of rotatable bonds is 3. The first-order chi connectivity index (χ1) is 9.97. The number of amides is 2. The Morgan fingerprint density at radius 1 is 1.38 bits per heavy atom. The van der Waals surface area contributed by atoms with Crippen molar-refractivity contribution >= 4 is 23.6 Å². The third-order valence-corrected chi connectivity index (χ3v) is 3.92. The van der Waals surface area contributed by atoms with Crippen LogP contribution in [-0.4, -0.2) is 41.1 Å². The van der Waals surface area contributed by atoms with Crippen LogP contribution in [-0.2, 0) is 11.2 Å². The van der Waals surface area contributed by atoms with E-state index in [1.807, 2.05) is 0 Å². The fourth-order valence-electron chi connectivity index (χ4n) is 2.41. The second kappa shape index (κ2) is 6.76. The minimum atomic E-state index is -1.06. The zero-order chi connectivity index (χ0) is 15.4. The number of nitrogens with one attached hydrogen (secondary N) is 1. The van der Waals surface area contributed by atoms with Gasteiger partial charge in [-0.05, 0) is 25.0 Å². The van der Waals surface area contributed by atoms with Crippen LogP contribution >= 0.6 is 11.6 Å². The molecule has 0 atom stereocenters. The molecule has 0 saturated carbocycles. The van der Waals surface area contributed by atoms with E-state index in [0.717, 1.165) is 0 Å². The topological polar surface area (TPSA) is 69.6 Å². The van der Waals surface area contributed by atoms with Crippen molar-refractivity contribution in [3.05, 3.63) is 34.6 Å². The molecule has 2 amide bonds. The minimum Gasteiger partial charge on any atom is -0.465 e. The fraction of sp³-hybridized carbons (Fsp3) is 0.429. The molecule has 114 valence electrons. The largest absolute Gasteiger partial charge is 0.465 e. The molecule has 1 aromatic carbocycles. The standard InChI is InChI=1S/C14H16ClFN2O3/c15-11-2-1-3-12(16)10(11)8-13(19)18-6-4-9(5-7-18)17-14(20)21/h1-3,9,17H,4-8H2,(H,20,21). The summed E-state index contributed by atoms with van der Waals surface area (Å²) in [4.78, 5) is 24.3. The molecule has 1 saturated heterocycles. The third kappa shape index (κ3) is 4.07. The van der Waals surface area contributed by atoms with E-state index in [1.54, 1.807) is 11.0 Å². The molecule has 0 aromatic heterocycles. The highest BCUT2D eigenvalue weighted by Crippen LogP contribution is 2.21. The number of nitrogens with zero attached hydrogens (tertiary/aromatic N) is 1. The lowest BCUT2D eigenvalue weighted by Crippen LogP contribution is -2.46.